The van der Waals surface area contributed by atoms with E-state index in [4.69, 9.17) is 21.8 Å². The Balaban J connectivity index is 1.14. The van der Waals surface area contributed by atoms with Crippen molar-refractivity contribution in [2.45, 2.75) is 127 Å². The van der Waals surface area contributed by atoms with Gasteiger partial charge in [0, 0.05) is 0 Å². The van der Waals surface area contributed by atoms with Crippen molar-refractivity contribution in [2.24, 2.45) is 11.8 Å². The average molecular weight is 655 g/mol. The minimum absolute atomic E-state index is 0.530. The summed E-state index contributed by atoms with van der Waals surface area (Å²) in [5.74, 6) is 1.50. The molecule has 0 aromatic heterocycles. The van der Waals surface area contributed by atoms with Crippen LogP contribution in [0.1, 0.15) is 51.4 Å². The van der Waals surface area contributed by atoms with E-state index in [0.29, 0.717) is 24.4 Å². The second-order valence-electron chi connectivity index (χ2n) is 15.2. The quantitative estimate of drug-likeness (QED) is 0.158. The average Bonchev–Trinajstić information content (AvgIpc) is 3.89. The lowest BCUT2D eigenvalue weighted by atomic mass is 9.88. The molecule has 2 aromatic carbocycles. The first-order chi connectivity index (χ1) is 20.4. The van der Waals surface area contributed by atoms with E-state index in [9.17, 15) is 0 Å². The maximum Gasteiger partial charge on any atom is 0.312 e. The summed E-state index contributed by atoms with van der Waals surface area (Å²) in [6.45, 7) is 13.9. The summed E-state index contributed by atoms with van der Waals surface area (Å²) < 4.78 is 33.5. The molecule has 6 rings (SSSR count). The Kier molecular flexibility index (Phi) is 9.48. The Morgan fingerprint density at radius 1 is 0.535 bits per heavy atom. The molecule has 5 nitrogen and oxygen atoms in total. The zero-order chi connectivity index (χ0) is 30.3. The smallest absolute Gasteiger partial charge is 0.312 e. The number of ether oxygens (including phenoxy) is 2. The van der Waals surface area contributed by atoms with Crippen molar-refractivity contribution in [3.8, 4) is 0 Å². The summed E-state index contributed by atoms with van der Waals surface area (Å²) >= 11 is 0. The van der Waals surface area contributed by atoms with E-state index in [1.54, 1.807) is 0 Å². The van der Waals surface area contributed by atoms with Crippen molar-refractivity contribution < 1.29 is 21.8 Å². The number of hydrogen-bond acceptors (Lipinski definition) is 5. The molecule has 9 heteroatoms. The predicted molar refractivity (Wildman–Crippen MR) is 184 cm³/mol. The summed E-state index contributed by atoms with van der Waals surface area (Å²) in [5.41, 5.74) is 0. The molecule has 43 heavy (non-hydrogen) atoms. The third-order valence-corrected chi connectivity index (χ3v) is 27.6. The summed E-state index contributed by atoms with van der Waals surface area (Å²) in [7, 11) is -9.57. The summed E-state index contributed by atoms with van der Waals surface area (Å²) in [5, 5.41) is 2.77. The minimum atomic E-state index is -2.53. The summed E-state index contributed by atoms with van der Waals surface area (Å²) in [6.07, 6.45) is 12.1. The highest BCUT2D eigenvalue weighted by atomic mass is 28.5. The van der Waals surface area contributed by atoms with Crippen LogP contribution in [-0.4, -0.2) is 58.2 Å². The standard InChI is InChI=1S/C34H54O5Si4/c1-40(2,38-42(5,29-13-9-7-10-14-29)23-21-27-17-19-31-33(25-27)35-31)37-41(3,4)39-43(6,30-15-11-8-12-16-30)24-22-28-18-20-32-34(26-28)36-32/h7-16,27-28,31-34H,17-26H2,1-6H3. The maximum atomic E-state index is 7.35. The number of benzene rings is 2. The molecule has 2 saturated carbocycles. The Hall–Kier alpha value is -0.892. The molecule has 2 heterocycles. The summed E-state index contributed by atoms with van der Waals surface area (Å²) in [6, 6.07) is 24.3. The van der Waals surface area contributed by atoms with Crippen LogP contribution in [0.15, 0.2) is 60.7 Å². The van der Waals surface area contributed by atoms with Gasteiger partial charge in [-0.3, -0.25) is 0 Å². The highest BCUT2D eigenvalue weighted by Gasteiger charge is 2.49. The molecule has 4 aliphatic rings. The molecule has 2 aliphatic heterocycles. The Morgan fingerprint density at radius 3 is 1.30 bits per heavy atom. The van der Waals surface area contributed by atoms with Gasteiger partial charge < -0.3 is 21.8 Å². The first-order valence-corrected chi connectivity index (χ1v) is 27.8. The Bertz CT molecular complexity index is 1120. The zero-order valence-electron chi connectivity index (χ0n) is 27.3. The normalized spacial score (nSPS) is 31.3. The van der Waals surface area contributed by atoms with E-state index < -0.39 is 33.8 Å². The van der Waals surface area contributed by atoms with Gasteiger partial charge in [0.25, 0.3) is 0 Å². The van der Waals surface area contributed by atoms with Gasteiger partial charge in [-0.15, -0.1) is 0 Å². The van der Waals surface area contributed by atoms with Crippen LogP contribution < -0.4 is 10.4 Å². The molecule has 0 N–H and O–H groups in total. The highest BCUT2D eigenvalue weighted by molar-refractivity contribution is 6.96. The van der Waals surface area contributed by atoms with E-state index in [2.05, 4.69) is 99.9 Å². The fourth-order valence-corrected chi connectivity index (χ4v) is 28.8. The lowest BCUT2D eigenvalue weighted by molar-refractivity contribution is 0.322. The molecule has 8 atom stereocenters. The van der Waals surface area contributed by atoms with Gasteiger partial charge in [-0.25, -0.2) is 0 Å². The first-order valence-electron chi connectivity index (χ1n) is 16.9. The SMILES string of the molecule is C[Si](C)(O[Si](C)(C)O[Si](C)(CCC1CCC2OC2C1)c1ccccc1)O[Si](C)(CCC1CCC2OC2C1)c1ccccc1. The van der Waals surface area contributed by atoms with Crippen LogP contribution >= 0.6 is 0 Å². The van der Waals surface area contributed by atoms with Crippen LogP contribution in [0.4, 0.5) is 0 Å². The van der Waals surface area contributed by atoms with Crippen molar-refractivity contribution in [3.05, 3.63) is 60.7 Å². The van der Waals surface area contributed by atoms with Crippen LogP contribution in [-0.2, 0) is 21.8 Å². The first kappa shape index (κ1) is 32.1. The number of hydrogen-bond donors (Lipinski definition) is 0. The molecule has 0 bridgehead atoms. The van der Waals surface area contributed by atoms with Crippen molar-refractivity contribution >= 4 is 44.1 Å². The van der Waals surface area contributed by atoms with E-state index in [-0.39, 0.29) is 0 Å². The highest BCUT2D eigenvalue weighted by Crippen LogP contribution is 2.43. The van der Waals surface area contributed by atoms with Gasteiger partial charge in [0.1, 0.15) is 0 Å². The summed E-state index contributed by atoms with van der Waals surface area (Å²) in [4.78, 5) is 0. The van der Waals surface area contributed by atoms with Crippen LogP contribution in [0, 0.1) is 11.8 Å². The third-order valence-electron chi connectivity index (χ3n) is 10.5. The Morgan fingerprint density at radius 2 is 0.930 bits per heavy atom. The van der Waals surface area contributed by atoms with E-state index in [1.807, 2.05) is 0 Å². The van der Waals surface area contributed by atoms with E-state index >= 15 is 0 Å². The van der Waals surface area contributed by atoms with Crippen molar-refractivity contribution in [2.75, 3.05) is 0 Å². The van der Waals surface area contributed by atoms with Gasteiger partial charge >= 0.3 is 17.1 Å². The minimum Gasteiger partial charge on any atom is -0.432 e. The second-order valence-corrected chi connectivity index (χ2v) is 30.3. The molecule has 0 spiro atoms. The molecule has 2 aliphatic carbocycles. The fourth-order valence-electron chi connectivity index (χ4n) is 8.27. The monoisotopic (exact) mass is 654 g/mol. The largest absolute Gasteiger partial charge is 0.432 e. The lowest BCUT2D eigenvalue weighted by Crippen LogP contribution is -2.62. The van der Waals surface area contributed by atoms with E-state index in [0.717, 1.165) is 23.9 Å². The van der Waals surface area contributed by atoms with Gasteiger partial charge in [0.15, 0.2) is 0 Å². The number of rotatable bonds is 14. The predicted octanol–water partition coefficient (Wildman–Crippen LogP) is 7.32. The maximum absolute atomic E-state index is 7.35. The number of epoxide rings is 2. The van der Waals surface area contributed by atoms with Crippen LogP contribution in [0.2, 0.25) is 51.4 Å². The lowest BCUT2D eigenvalue weighted by Gasteiger charge is -2.43. The molecule has 0 radical (unpaired) electrons. The fraction of sp³-hybridized carbons (Fsp3) is 0.647. The molecule has 8 unspecified atom stereocenters. The van der Waals surface area contributed by atoms with Crippen LogP contribution in [0.3, 0.4) is 0 Å². The van der Waals surface area contributed by atoms with Gasteiger partial charge in [-0.1, -0.05) is 73.5 Å². The van der Waals surface area contributed by atoms with Crippen molar-refractivity contribution in [1.29, 1.82) is 0 Å². The second kappa shape index (κ2) is 12.7. The molecule has 2 aromatic rings. The Labute approximate surface area is 264 Å². The molecule has 2 saturated heterocycles. The van der Waals surface area contributed by atoms with Crippen LogP contribution in [0.25, 0.3) is 0 Å². The molecular weight excluding hydrogens is 601 g/mol. The van der Waals surface area contributed by atoms with Gasteiger partial charge in [0.2, 0.25) is 16.6 Å². The van der Waals surface area contributed by atoms with Crippen molar-refractivity contribution in [3.63, 3.8) is 0 Å². The number of fused-ring (bicyclic) bond motifs is 2. The molecule has 236 valence electrons. The zero-order valence-corrected chi connectivity index (χ0v) is 31.3. The molecule has 4 fully saturated rings. The van der Waals surface area contributed by atoms with Gasteiger partial charge in [-0.2, -0.15) is 0 Å². The van der Waals surface area contributed by atoms with Gasteiger partial charge in [-0.05, 0) is 112 Å². The van der Waals surface area contributed by atoms with Crippen molar-refractivity contribution in [1.82, 2.24) is 0 Å². The third kappa shape index (κ3) is 8.29. The van der Waals surface area contributed by atoms with E-state index in [1.165, 1.54) is 61.7 Å². The van der Waals surface area contributed by atoms with Gasteiger partial charge in [0.05, 0.1) is 24.4 Å². The molecular formula is C34H54O5Si4. The molecule has 0 amide bonds. The topological polar surface area (TPSA) is 52.8 Å². The van der Waals surface area contributed by atoms with Crippen LogP contribution in [0.5, 0.6) is 0 Å².